The second kappa shape index (κ2) is 7.74. The Bertz CT molecular complexity index is 721. The highest BCUT2D eigenvalue weighted by atomic mass is 79.9. The highest BCUT2D eigenvalue weighted by Gasteiger charge is 2.23. The molecule has 5 nitrogen and oxygen atoms in total. The number of rotatable bonds is 4. The quantitative estimate of drug-likeness (QED) is 0.607. The maximum absolute atomic E-state index is 6.26. The van der Waals surface area contributed by atoms with Crippen LogP contribution >= 0.6 is 27.3 Å². The average Bonchev–Trinajstić information content (AvgIpc) is 3.14. The van der Waals surface area contributed by atoms with Gasteiger partial charge in [0.1, 0.15) is 0 Å². The molecule has 0 unspecified atom stereocenters. The van der Waals surface area contributed by atoms with Crippen LogP contribution in [0.1, 0.15) is 19.4 Å². The topological polar surface area (TPSA) is 57.8 Å². The number of hydrogen-bond acceptors (Lipinski definition) is 4. The van der Waals surface area contributed by atoms with E-state index in [1.807, 2.05) is 17.6 Å². The van der Waals surface area contributed by atoms with E-state index in [2.05, 4.69) is 67.8 Å². The maximum Gasteiger partial charge on any atom is 0.191 e. The fourth-order valence-electron chi connectivity index (χ4n) is 2.88. The van der Waals surface area contributed by atoms with Crippen LogP contribution in [0, 0.1) is 0 Å². The van der Waals surface area contributed by atoms with Crippen LogP contribution in [0.25, 0.3) is 0 Å². The van der Waals surface area contributed by atoms with Gasteiger partial charge < -0.3 is 15.5 Å². The summed E-state index contributed by atoms with van der Waals surface area (Å²) in [7, 11) is 0. The minimum atomic E-state index is -0.0584. The number of aromatic nitrogens is 1. The van der Waals surface area contributed by atoms with E-state index < -0.39 is 0 Å². The van der Waals surface area contributed by atoms with Crippen LogP contribution in [0.15, 0.2) is 45.3 Å². The van der Waals surface area contributed by atoms with Crippen LogP contribution in [-0.2, 0) is 5.41 Å². The number of hydrogen-bond donors (Lipinski definition) is 1. The van der Waals surface area contributed by atoms with Crippen molar-refractivity contribution in [1.29, 1.82) is 0 Å². The lowest BCUT2D eigenvalue weighted by atomic mass is 9.85. The molecule has 0 atom stereocenters. The number of thiazole rings is 1. The van der Waals surface area contributed by atoms with E-state index in [0.29, 0.717) is 12.5 Å². The first-order chi connectivity index (χ1) is 12.0. The number of guanidine groups is 1. The van der Waals surface area contributed by atoms with E-state index in [-0.39, 0.29) is 5.41 Å². The van der Waals surface area contributed by atoms with E-state index in [9.17, 15) is 0 Å². The van der Waals surface area contributed by atoms with E-state index in [0.717, 1.165) is 35.8 Å². The van der Waals surface area contributed by atoms with Gasteiger partial charge in [0.05, 0.1) is 6.54 Å². The number of nitrogens with two attached hydrogens (primary N) is 1. The van der Waals surface area contributed by atoms with E-state index in [4.69, 9.17) is 5.73 Å². The van der Waals surface area contributed by atoms with Gasteiger partial charge in [-0.2, -0.15) is 0 Å². The monoisotopic (exact) mass is 421 g/mol. The van der Waals surface area contributed by atoms with Crippen molar-refractivity contribution in [3.63, 3.8) is 0 Å². The van der Waals surface area contributed by atoms with Crippen molar-refractivity contribution in [2.24, 2.45) is 10.7 Å². The second-order valence-corrected chi connectivity index (χ2v) is 8.65. The predicted molar refractivity (Wildman–Crippen MR) is 110 cm³/mol. The summed E-state index contributed by atoms with van der Waals surface area (Å²) >= 11 is 5.22. The first-order valence-corrected chi connectivity index (χ1v) is 10.1. The molecule has 134 valence electrons. The number of halogens is 1. The summed E-state index contributed by atoms with van der Waals surface area (Å²) in [4.78, 5) is 13.5. The van der Waals surface area contributed by atoms with Crippen LogP contribution in [0.4, 0.5) is 5.13 Å². The number of aliphatic imine (C=N–C) groups is 1. The Balaban J connectivity index is 1.58. The Morgan fingerprint density at radius 2 is 2.08 bits per heavy atom. The van der Waals surface area contributed by atoms with Crippen LogP contribution in [-0.4, -0.2) is 48.6 Å². The summed E-state index contributed by atoms with van der Waals surface area (Å²) in [6.07, 6.45) is 1.85. The molecule has 2 N–H and O–H groups in total. The summed E-state index contributed by atoms with van der Waals surface area (Å²) in [5.41, 5.74) is 7.46. The van der Waals surface area contributed by atoms with Gasteiger partial charge in [0.2, 0.25) is 0 Å². The summed E-state index contributed by atoms with van der Waals surface area (Å²) in [5.74, 6) is 0.641. The van der Waals surface area contributed by atoms with E-state index >= 15 is 0 Å². The normalized spacial score (nSPS) is 16.4. The number of nitrogens with zero attached hydrogens (tertiary/aromatic N) is 4. The van der Waals surface area contributed by atoms with Crippen molar-refractivity contribution in [3.8, 4) is 0 Å². The zero-order valence-electron chi connectivity index (χ0n) is 14.7. The molecule has 0 bridgehead atoms. The Labute approximate surface area is 161 Å². The number of anilines is 1. The number of benzene rings is 1. The SMILES string of the molecule is CC(C)(CN=C(N)N1CCN(c2nccs2)CC1)c1cccc(Br)c1. The highest BCUT2D eigenvalue weighted by Crippen LogP contribution is 2.26. The minimum absolute atomic E-state index is 0.0584. The summed E-state index contributed by atoms with van der Waals surface area (Å²) in [5, 5.41) is 3.10. The molecule has 2 heterocycles. The van der Waals surface area contributed by atoms with Crippen LogP contribution < -0.4 is 10.6 Å². The molecular formula is C18H24BrN5S. The van der Waals surface area contributed by atoms with Crippen LogP contribution in [0.3, 0.4) is 0 Å². The van der Waals surface area contributed by atoms with Gasteiger partial charge in [0, 0.05) is 47.6 Å². The molecule has 1 aromatic heterocycles. The maximum atomic E-state index is 6.26. The second-order valence-electron chi connectivity index (χ2n) is 6.86. The molecule has 1 aliphatic rings. The van der Waals surface area contributed by atoms with E-state index in [1.165, 1.54) is 5.56 Å². The molecule has 2 aromatic rings. The van der Waals surface area contributed by atoms with Crippen molar-refractivity contribution in [3.05, 3.63) is 45.9 Å². The Hall–Kier alpha value is -1.60. The minimum Gasteiger partial charge on any atom is -0.370 e. The number of piperazine rings is 1. The summed E-state index contributed by atoms with van der Waals surface area (Å²) in [6, 6.07) is 8.40. The van der Waals surface area contributed by atoms with Gasteiger partial charge >= 0.3 is 0 Å². The molecule has 7 heteroatoms. The van der Waals surface area contributed by atoms with Gasteiger partial charge in [-0.1, -0.05) is 41.9 Å². The molecule has 0 radical (unpaired) electrons. The van der Waals surface area contributed by atoms with Gasteiger partial charge in [-0.05, 0) is 17.7 Å². The zero-order chi connectivity index (χ0) is 17.9. The van der Waals surface area contributed by atoms with Gasteiger partial charge in [-0.3, -0.25) is 4.99 Å². The van der Waals surface area contributed by atoms with Gasteiger partial charge in [0.15, 0.2) is 11.1 Å². The molecule has 1 saturated heterocycles. The third-order valence-electron chi connectivity index (χ3n) is 4.54. The standard InChI is InChI=1S/C18H24BrN5S/c1-18(2,14-4-3-5-15(19)12-14)13-22-16(20)23-7-9-24(10-8-23)17-21-6-11-25-17/h3-6,11-12H,7-10,13H2,1-2H3,(H2,20,22). The lowest BCUT2D eigenvalue weighted by Crippen LogP contribution is -2.51. The third-order valence-corrected chi connectivity index (χ3v) is 5.86. The summed E-state index contributed by atoms with van der Waals surface area (Å²) < 4.78 is 1.09. The van der Waals surface area contributed by atoms with Gasteiger partial charge in [-0.15, -0.1) is 11.3 Å². The fraction of sp³-hybridized carbons (Fsp3) is 0.444. The van der Waals surface area contributed by atoms with Crippen molar-refractivity contribution in [1.82, 2.24) is 9.88 Å². The molecule has 25 heavy (non-hydrogen) atoms. The first kappa shape index (κ1) is 18.2. The Kier molecular flexibility index (Phi) is 5.64. The lowest BCUT2D eigenvalue weighted by Gasteiger charge is -2.35. The molecule has 1 aromatic carbocycles. The molecule has 1 aliphatic heterocycles. The molecule has 1 fully saturated rings. The molecular weight excluding hydrogens is 398 g/mol. The van der Waals surface area contributed by atoms with Crippen molar-refractivity contribution in [2.75, 3.05) is 37.6 Å². The van der Waals surface area contributed by atoms with Gasteiger partial charge in [-0.25, -0.2) is 4.98 Å². The van der Waals surface area contributed by atoms with Crippen LogP contribution in [0.5, 0.6) is 0 Å². The molecule has 0 spiro atoms. The predicted octanol–water partition coefficient (Wildman–Crippen LogP) is 3.32. The highest BCUT2D eigenvalue weighted by molar-refractivity contribution is 9.10. The first-order valence-electron chi connectivity index (χ1n) is 8.41. The fourth-order valence-corrected chi connectivity index (χ4v) is 3.97. The zero-order valence-corrected chi connectivity index (χ0v) is 17.1. The molecule has 0 amide bonds. The van der Waals surface area contributed by atoms with Crippen molar-refractivity contribution >= 4 is 38.4 Å². The summed E-state index contributed by atoms with van der Waals surface area (Å²) in [6.45, 7) is 8.69. The third kappa shape index (κ3) is 4.52. The molecule has 0 saturated carbocycles. The largest absolute Gasteiger partial charge is 0.370 e. The van der Waals surface area contributed by atoms with Crippen LogP contribution in [0.2, 0.25) is 0 Å². The van der Waals surface area contributed by atoms with Crippen molar-refractivity contribution < 1.29 is 0 Å². The smallest absolute Gasteiger partial charge is 0.191 e. The van der Waals surface area contributed by atoms with Crippen molar-refractivity contribution in [2.45, 2.75) is 19.3 Å². The van der Waals surface area contributed by atoms with E-state index in [1.54, 1.807) is 11.3 Å². The lowest BCUT2D eigenvalue weighted by molar-refractivity contribution is 0.378. The Morgan fingerprint density at radius 3 is 2.72 bits per heavy atom. The average molecular weight is 422 g/mol. The Morgan fingerprint density at radius 1 is 1.32 bits per heavy atom. The molecule has 0 aliphatic carbocycles. The van der Waals surface area contributed by atoms with Gasteiger partial charge in [0.25, 0.3) is 0 Å². The molecule has 3 rings (SSSR count).